The highest BCUT2D eigenvalue weighted by Gasteiger charge is 2.18. The maximum Gasteiger partial charge on any atom is 0.267 e. The number of rotatable bonds is 5. The van der Waals surface area contributed by atoms with Crippen LogP contribution in [0, 0.1) is 6.07 Å². The summed E-state index contributed by atoms with van der Waals surface area (Å²) in [6.07, 6.45) is 1.34. The lowest BCUT2D eigenvalue weighted by Crippen LogP contribution is -2.39. The lowest BCUT2D eigenvalue weighted by molar-refractivity contribution is 0.0228. The molecule has 1 radical (unpaired) electrons. The third-order valence-corrected chi connectivity index (χ3v) is 2.40. The van der Waals surface area contributed by atoms with Crippen LogP contribution in [0.3, 0.4) is 0 Å². The van der Waals surface area contributed by atoms with Gasteiger partial charge in [-0.05, 0) is 19.9 Å². The lowest BCUT2D eigenvalue weighted by atomic mass is 10.1. The number of methoxy groups -OCH3 is 1. The Labute approximate surface area is 106 Å². The molecule has 0 spiro atoms. The summed E-state index contributed by atoms with van der Waals surface area (Å²) in [5, 5.41) is 2.68. The highest BCUT2D eigenvalue weighted by molar-refractivity contribution is 5.97. The number of nitrogens with one attached hydrogen (secondary N) is 1. The Balaban J connectivity index is 2.73. The Hall–Kier alpha value is -1.95. The van der Waals surface area contributed by atoms with Crippen LogP contribution in [-0.4, -0.2) is 36.1 Å². The van der Waals surface area contributed by atoms with E-state index in [4.69, 9.17) is 10.5 Å². The van der Waals surface area contributed by atoms with Gasteiger partial charge in [0.1, 0.15) is 5.69 Å². The molecule has 0 aliphatic heterocycles. The zero-order valence-corrected chi connectivity index (χ0v) is 10.6. The van der Waals surface area contributed by atoms with E-state index in [0.717, 1.165) is 0 Å². The van der Waals surface area contributed by atoms with Gasteiger partial charge in [-0.25, -0.2) is 0 Å². The summed E-state index contributed by atoms with van der Waals surface area (Å²) in [7, 11) is 1.57. The first-order chi connectivity index (χ1) is 8.35. The minimum atomic E-state index is -0.720. The molecule has 0 unspecified atom stereocenters. The van der Waals surface area contributed by atoms with Crippen LogP contribution in [0.1, 0.15) is 34.7 Å². The highest BCUT2D eigenvalue weighted by atomic mass is 16.5. The van der Waals surface area contributed by atoms with Gasteiger partial charge in [0, 0.05) is 25.9 Å². The Bertz CT molecular complexity index is 458. The normalized spacial score (nSPS) is 11.1. The molecule has 1 heterocycles. The number of carbonyl (C=O) groups is 2. The first kappa shape index (κ1) is 14.1. The Kier molecular flexibility index (Phi) is 4.38. The third-order valence-electron chi connectivity index (χ3n) is 2.40. The van der Waals surface area contributed by atoms with Crippen molar-refractivity contribution < 1.29 is 14.3 Å². The maximum absolute atomic E-state index is 11.8. The van der Waals surface area contributed by atoms with Crippen LogP contribution >= 0.6 is 0 Å². The van der Waals surface area contributed by atoms with Gasteiger partial charge in [0.05, 0.1) is 11.2 Å². The number of hydrogen-bond acceptors (Lipinski definition) is 4. The fourth-order valence-corrected chi connectivity index (χ4v) is 1.11. The van der Waals surface area contributed by atoms with Crippen molar-refractivity contribution in [1.29, 1.82) is 0 Å². The van der Waals surface area contributed by atoms with Gasteiger partial charge in [-0.2, -0.15) is 0 Å². The van der Waals surface area contributed by atoms with Crippen LogP contribution in [-0.2, 0) is 4.74 Å². The summed E-state index contributed by atoms with van der Waals surface area (Å²) in [4.78, 5) is 26.4. The third kappa shape index (κ3) is 3.81. The summed E-state index contributed by atoms with van der Waals surface area (Å²) >= 11 is 0. The van der Waals surface area contributed by atoms with Crippen LogP contribution in [0.2, 0.25) is 0 Å². The predicted molar refractivity (Wildman–Crippen MR) is 65.0 cm³/mol. The second-order valence-electron chi connectivity index (χ2n) is 4.34. The largest absolute Gasteiger partial charge is 0.377 e. The van der Waals surface area contributed by atoms with E-state index < -0.39 is 11.5 Å². The van der Waals surface area contributed by atoms with E-state index in [1.54, 1.807) is 7.11 Å². The standard InChI is InChI=1S/C12H16N3O3/c1-12(2,18-3)7-15-11(17)8-4-5-14-9(6-8)10(13)16/h4-5H,7H2,1-3H3,(H2,13,16)(H,15,17). The second kappa shape index (κ2) is 5.59. The SMILES string of the molecule is COC(C)(C)CNC(=O)c1[c]c(C(N)=O)ncc1. The minimum Gasteiger partial charge on any atom is -0.377 e. The molecule has 1 aromatic heterocycles. The molecule has 0 aliphatic carbocycles. The first-order valence-corrected chi connectivity index (χ1v) is 5.37. The summed E-state index contributed by atoms with van der Waals surface area (Å²) < 4.78 is 5.17. The molecule has 18 heavy (non-hydrogen) atoms. The van der Waals surface area contributed by atoms with E-state index in [1.807, 2.05) is 13.8 Å². The molecule has 3 N–H and O–H groups in total. The highest BCUT2D eigenvalue weighted by Crippen LogP contribution is 2.06. The molecular weight excluding hydrogens is 234 g/mol. The molecule has 0 atom stereocenters. The number of hydrogen-bond donors (Lipinski definition) is 2. The average Bonchev–Trinajstić information content (AvgIpc) is 2.36. The quantitative estimate of drug-likeness (QED) is 0.777. The molecule has 2 amide bonds. The second-order valence-corrected chi connectivity index (χ2v) is 4.34. The van der Waals surface area contributed by atoms with Gasteiger partial charge in [-0.1, -0.05) is 0 Å². The maximum atomic E-state index is 11.8. The van der Waals surface area contributed by atoms with Crippen molar-refractivity contribution in [2.45, 2.75) is 19.4 Å². The zero-order chi connectivity index (χ0) is 13.8. The fraction of sp³-hybridized carbons (Fsp3) is 0.417. The van der Waals surface area contributed by atoms with Gasteiger partial charge in [-0.15, -0.1) is 0 Å². The number of nitrogens with two attached hydrogens (primary N) is 1. The summed E-state index contributed by atoms with van der Waals surface area (Å²) in [5.41, 5.74) is 4.75. The van der Waals surface area contributed by atoms with Gasteiger partial charge in [0.2, 0.25) is 0 Å². The van der Waals surface area contributed by atoms with Crippen molar-refractivity contribution in [3.63, 3.8) is 0 Å². The van der Waals surface area contributed by atoms with Gasteiger partial charge >= 0.3 is 0 Å². The average molecular weight is 250 g/mol. The van der Waals surface area contributed by atoms with Crippen molar-refractivity contribution in [2.24, 2.45) is 5.73 Å². The van der Waals surface area contributed by atoms with Crippen LogP contribution in [0.15, 0.2) is 12.3 Å². The van der Waals surface area contributed by atoms with Crippen LogP contribution in [0.4, 0.5) is 0 Å². The van der Waals surface area contributed by atoms with Crippen LogP contribution < -0.4 is 11.1 Å². The minimum absolute atomic E-state index is 0.0614. The fourth-order valence-electron chi connectivity index (χ4n) is 1.11. The van der Waals surface area contributed by atoms with E-state index in [2.05, 4.69) is 16.4 Å². The molecule has 0 saturated heterocycles. The van der Waals surface area contributed by atoms with E-state index in [0.29, 0.717) is 6.54 Å². The predicted octanol–water partition coefficient (Wildman–Crippen LogP) is 0.135. The molecule has 0 bridgehead atoms. The lowest BCUT2D eigenvalue weighted by Gasteiger charge is -2.23. The number of aromatic nitrogens is 1. The topological polar surface area (TPSA) is 94.3 Å². The van der Waals surface area contributed by atoms with Gasteiger partial charge in [0.25, 0.3) is 11.8 Å². The van der Waals surface area contributed by atoms with Crippen molar-refractivity contribution in [2.75, 3.05) is 13.7 Å². The number of primary amides is 1. The number of pyridine rings is 1. The summed E-state index contributed by atoms with van der Waals surface area (Å²) in [6, 6.07) is 4.02. The van der Waals surface area contributed by atoms with E-state index in [1.165, 1.54) is 12.3 Å². The van der Waals surface area contributed by atoms with Crippen LogP contribution in [0.25, 0.3) is 0 Å². The number of ether oxygens (including phenoxy) is 1. The molecule has 0 aromatic carbocycles. The van der Waals surface area contributed by atoms with E-state index >= 15 is 0 Å². The molecule has 6 heteroatoms. The zero-order valence-electron chi connectivity index (χ0n) is 10.6. The smallest absolute Gasteiger partial charge is 0.267 e. The van der Waals surface area contributed by atoms with Crippen molar-refractivity contribution in [1.82, 2.24) is 10.3 Å². The number of carbonyl (C=O) groups excluding carboxylic acids is 2. The Morgan fingerprint density at radius 2 is 2.22 bits per heavy atom. The monoisotopic (exact) mass is 250 g/mol. The molecule has 97 valence electrons. The van der Waals surface area contributed by atoms with E-state index in [9.17, 15) is 9.59 Å². The molecule has 1 rings (SSSR count). The van der Waals surface area contributed by atoms with Crippen molar-refractivity contribution >= 4 is 11.8 Å². The number of nitrogens with zero attached hydrogens (tertiary/aromatic N) is 1. The van der Waals surface area contributed by atoms with Crippen molar-refractivity contribution in [3.05, 3.63) is 29.6 Å². The summed E-state index contributed by atoms with van der Waals surface area (Å²) in [5.74, 6) is -1.08. The summed E-state index contributed by atoms with van der Waals surface area (Å²) in [6.45, 7) is 4.03. The molecule has 6 nitrogen and oxygen atoms in total. The molecule has 1 aromatic rings. The molecule has 0 saturated carbocycles. The van der Waals surface area contributed by atoms with Gasteiger partial charge in [0.15, 0.2) is 0 Å². The van der Waals surface area contributed by atoms with E-state index in [-0.39, 0.29) is 17.2 Å². The molecule has 0 fully saturated rings. The van der Waals surface area contributed by atoms with Gasteiger partial charge in [-0.3, -0.25) is 14.6 Å². The first-order valence-electron chi connectivity index (χ1n) is 5.37. The number of amides is 2. The van der Waals surface area contributed by atoms with Crippen molar-refractivity contribution in [3.8, 4) is 0 Å². The van der Waals surface area contributed by atoms with Crippen LogP contribution in [0.5, 0.6) is 0 Å². The Morgan fingerprint density at radius 1 is 1.56 bits per heavy atom. The molecule has 0 aliphatic rings. The molecular formula is C12H16N3O3. The Morgan fingerprint density at radius 3 is 2.78 bits per heavy atom. The van der Waals surface area contributed by atoms with Gasteiger partial charge < -0.3 is 15.8 Å².